The third-order valence-electron chi connectivity index (χ3n) is 0.712. The Kier molecular flexibility index (Phi) is 3.75. The molecular formula is C5H6Cl2O. The number of alkyl halides is 1. The maximum atomic E-state index is 5.37. The lowest BCUT2D eigenvalue weighted by molar-refractivity contribution is 0.529. The van der Waals surface area contributed by atoms with E-state index in [4.69, 9.17) is 16.0 Å². The third-order valence-corrected chi connectivity index (χ3v) is 0.975. The van der Waals surface area contributed by atoms with Crippen molar-refractivity contribution in [2.24, 2.45) is 0 Å². The van der Waals surface area contributed by atoms with Crippen LogP contribution in [-0.4, -0.2) is 0 Å². The van der Waals surface area contributed by atoms with Crippen LogP contribution in [0.5, 0.6) is 0 Å². The van der Waals surface area contributed by atoms with Crippen molar-refractivity contribution in [3.05, 3.63) is 24.2 Å². The van der Waals surface area contributed by atoms with E-state index in [-0.39, 0.29) is 12.4 Å². The molecule has 1 rings (SSSR count). The molecule has 0 aliphatic rings. The molecule has 0 saturated heterocycles. The summed E-state index contributed by atoms with van der Waals surface area (Å²) in [6.07, 6.45) is 1.61. The zero-order valence-electron chi connectivity index (χ0n) is 4.13. The highest BCUT2D eigenvalue weighted by Gasteiger charge is 1.86. The van der Waals surface area contributed by atoms with E-state index in [1.807, 2.05) is 12.1 Å². The second-order valence-corrected chi connectivity index (χ2v) is 1.48. The van der Waals surface area contributed by atoms with Crippen molar-refractivity contribution in [3.63, 3.8) is 0 Å². The first-order valence-corrected chi connectivity index (χ1v) is 2.55. The molecule has 0 aromatic carbocycles. The van der Waals surface area contributed by atoms with Crippen LogP contribution in [0.25, 0.3) is 0 Å². The van der Waals surface area contributed by atoms with E-state index in [2.05, 4.69) is 0 Å². The van der Waals surface area contributed by atoms with E-state index in [1.165, 1.54) is 0 Å². The molecule has 0 saturated carbocycles. The molecule has 0 bridgehead atoms. The number of rotatable bonds is 1. The van der Waals surface area contributed by atoms with E-state index in [9.17, 15) is 0 Å². The molecule has 0 radical (unpaired) electrons. The van der Waals surface area contributed by atoms with Crippen molar-refractivity contribution in [2.45, 2.75) is 5.88 Å². The Morgan fingerprint density at radius 1 is 1.62 bits per heavy atom. The average Bonchev–Trinajstić information content (AvgIpc) is 2.14. The first-order valence-electron chi connectivity index (χ1n) is 2.02. The van der Waals surface area contributed by atoms with Gasteiger partial charge in [-0.1, -0.05) is 0 Å². The van der Waals surface area contributed by atoms with Crippen LogP contribution in [-0.2, 0) is 5.88 Å². The molecule has 1 heterocycles. The van der Waals surface area contributed by atoms with E-state index in [0.717, 1.165) is 5.76 Å². The summed E-state index contributed by atoms with van der Waals surface area (Å²) in [5.41, 5.74) is 0. The van der Waals surface area contributed by atoms with Gasteiger partial charge in [0.15, 0.2) is 0 Å². The van der Waals surface area contributed by atoms with Crippen LogP contribution < -0.4 is 0 Å². The van der Waals surface area contributed by atoms with E-state index in [0.29, 0.717) is 5.88 Å². The zero-order chi connectivity index (χ0) is 5.11. The van der Waals surface area contributed by atoms with Crippen LogP contribution >= 0.6 is 24.0 Å². The lowest BCUT2D eigenvalue weighted by Crippen LogP contribution is -1.62. The van der Waals surface area contributed by atoms with Gasteiger partial charge < -0.3 is 4.42 Å². The third kappa shape index (κ3) is 1.76. The maximum Gasteiger partial charge on any atom is 0.118 e. The van der Waals surface area contributed by atoms with Crippen LogP contribution in [0.15, 0.2) is 22.8 Å². The monoisotopic (exact) mass is 152 g/mol. The van der Waals surface area contributed by atoms with E-state index >= 15 is 0 Å². The SMILES string of the molecule is Cl.ClCc1ccco1. The van der Waals surface area contributed by atoms with Crippen molar-refractivity contribution in [1.82, 2.24) is 0 Å². The molecule has 0 unspecified atom stereocenters. The lowest BCUT2D eigenvalue weighted by Gasteiger charge is -1.77. The van der Waals surface area contributed by atoms with Crippen molar-refractivity contribution in [2.75, 3.05) is 0 Å². The zero-order valence-corrected chi connectivity index (χ0v) is 5.71. The fourth-order valence-electron chi connectivity index (χ4n) is 0.389. The van der Waals surface area contributed by atoms with Crippen molar-refractivity contribution >= 4 is 24.0 Å². The van der Waals surface area contributed by atoms with Crippen LogP contribution in [0.3, 0.4) is 0 Å². The smallest absolute Gasteiger partial charge is 0.118 e. The van der Waals surface area contributed by atoms with Gasteiger partial charge in [0.2, 0.25) is 0 Å². The van der Waals surface area contributed by atoms with Gasteiger partial charge in [-0.05, 0) is 12.1 Å². The van der Waals surface area contributed by atoms with Crippen molar-refractivity contribution in [1.29, 1.82) is 0 Å². The molecule has 3 heteroatoms. The van der Waals surface area contributed by atoms with Gasteiger partial charge in [-0.15, -0.1) is 24.0 Å². The van der Waals surface area contributed by atoms with Crippen LogP contribution in [0, 0.1) is 0 Å². The number of hydrogen-bond acceptors (Lipinski definition) is 1. The molecule has 1 nitrogen and oxygen atoms in total. The summed E-state index contributed by atoms with van der Waals surface area (Å²) in [7, 11) is 0. The second-order valence-electron chi connectivity index (χ2n) is 1.21. The molecule has 0 fully saturated rings. The molecule has 46 valence electrons. The van der Waals surface area contributed by atoms with Gasteiger partial charge in [0.1, 0.15) is 5.76 Å². The normalized spacial score (nSPS) is 8.12. The fourth-order valence-corrected chi connectivity index (χ4v) is 0.541. The average molecular weight is 153 g/mol. The lowest BCUT2D eigenvalue weighted by atomic mass is 10.5. The molecule has 0 N–H and O–H groups in total. The highest BCUT2D eigenvalue weighted by molar-refractivity contribution is 6.16. The van der Waals surface area contributed by atoms with E-state index < -0.39 is 0 Å². The minimum Gasteiger partial charge on any atom is -0.468 e. The predicted octanol–water partition coefficient (Wildman–Crippen LogP) is 2.44. The molecule has 1 aromatic rings. The van der Waals surface area contributed by atoms with Crippen molar-refractivity contribution < 1.29 is 4.42 Å². The number of furan rings is 1. The summed E-state index contributed by atoms with van der Waals surface area (Å²) in [5.74, 6) is 1.29. The minimum atomic E-state index is 0. The summed E-state index contributed by atoms with van der Waals surface area (Å²) in [5, 5.41) is 0. The molecule has 8 heavy (non-hydrogen) atoms. The number of hydrogen-bond donors (Lipinski definition) is 0. The Hall–Kier alpha value is -0.140. The molecular weight excluding hydrogens is 147 g/mol. The first-order chi connectivity index (χ1) is 3.43. The molecule has 0 aliphatic carbocycles. The Balaban J connectivity index is 0.000000490. The summed E-state index contributed by atoms with van der Waals surface area (Å²) < 4.78 is 4.85. The summed E-state index contributed by atoms with van der Waals surface area (Å²) in [4.78, 5) is 0. The van der Waals surface area contributed by atoms with Gasteiger partial charge in [0.25, 0.3) is 0 Å². The van der Waals surface area contributed by atoms with E-state index in [1.54, 1.807) is 6.26 Å². The van der Waals surface area contributed by atoms with Crippen molar-refractivity contribution in [3.8, 4) is 0 Å². The first kappa shape index (κ1) is 7.86. The summed E-state index contributed by atoms with van der Waals surface area (Å²) in [6.45, 7) is 0. The summed E-state index contributed by atoms with van der Waals surface area (Å²) >= 11 is 5.37. The predicted molar refractivity (Wildman–Crippen MR) is 35.5 cm³/mol. The maximum absolute atomic E-state index is 5.37. The Bertz CT molecular complexity index is 125. The highest BCUT2D eigenvalue weighted by Crippen LogP contribution is 2.01. The summed E-state index contributed by atoms with van der Waals surface area (Å²) in [6, 6.07) is 3.66. The van der Waals surface area contributed by atoms with Gasteiger partial charge in [-0.3, -0.25) is 0 Å². The van der Waals surface area contributed by atoms with Crippen LogP contribution in [0.2, 0.25) is 0 Å². The molecule has 0 atom stereocenters. The molecule has 1 aromatic heterocycles. The fraction of sp³-hybridized carbons (Fsp3) is 0.200. The minimum absolute atomic E-state index is 0. The second kappa shape index (κ2) is 3.81. The van der Waals surface area contributed by atoms with Gasteiger partial charge in [0.05, 0.1) is 12.1 Å². The molecule has 0 aliphatic heterocycles. The quantitative estimate of drug-likeness (QED) is 0.564. The largest absolute Gasteiger partial charge is 0.468 e. The molecule has 0 spiro atoms. The van der Waals surface area contributed by atoms with Gasteiger partial charge >= 0.3 is 0 Å². The Morgan fingerprint density at radius 2 is 2.38 bits per heavy atom. The van der Waals surface area contributed by atoms with Gasteiger partial charge in [-0.25, -0.2) is 0 Å². The number of halogens is 2. The Morgan fingerprint density at radius 3 is 2.62 bits per heavy atom. The molecule has 0 amide bonds. The topological polar surface area (TPSA) is 13.1 Å². The van der Waals surface area contributed by atoms with Gasteiger partial charge in [-0.2, -0.15) is 0 Å². The highest BCUT2D eigenvalue weighted by atomic mass is 35.5. The van der Waals surface area contributed by atoms with Crippen LogP contribution in [0.1, 0.15) is 5.76 Å². The van der Waals surface area contributed by atoms with Crippen LogP contribution in [0.4, 0.5) is 0 Å². The Labute approximate surface area is 59.0 Å². The standard InChI is InChI=1S/C5H5ClO.ClH/c6-4-5-2-1-3-7-5;/h1-3H,4H2;1H. The van der Waals surface area contributed by atoms with Gasteiger partial charge in [0, 0.05) is 0 Å².